The molecule has 1 unspecified atom stereocenters. The smallest absolute Gasteiger partial charge is 0.319 e. The van der Waals surface area contributed by atoms with E-state index < -0.39 is 17.4 Å². The van der Waals surface area contributed by atoms with E-state index in [0.29, 0.717) is 6.42 Å². The Morgan fingerprint density at radius 3 is 2.96 bits per heavy atom. The summed E-state index contributed by atoms with van der Waals surface area (Å²) in [7, 11) is 0. The van der Waals surface area contributed by atoms with Crippen LogP contribution in [0.4, 0.5) is 9.18 Å². The number of rotatable bonds is 2. The zero-order chi connectivity index (χ0) is 16.9. The first-order valence-corrected chi connectivity index (χ1v) is 8.92. The van der Waals surface area contributed by atoms with Crippen LogP contribution in [0.2, 0.25) is 5.02 Å². The average Bonchev–Trinajstić information content (AvgIpc) is 3.11. The van der Waals surface area contributed by atoms with E-state index in [-0.39, 0.29) is 23.0 Å². The molecule has 1 fully saturated rings. The van der Waals surface area contributed by atoms with Gasteiger partial charge >= 0.3 is 6.03 Å². The molecular formula is C17H14ClFN2O2S. The number of carbonyl (C=O) groups excluding carboxylic acids is 2. The topological polar surface area (TPSA) is 49.4 Å². The second kappa shape index (κ2) is 5.57. The van der Waals surface area contributed by atoms with Crippen LogP contribution in [-0.2, 0) is 23.3 Å². The minimum atomic E-state index is -1.01. The van der Waals surface area contributed by atoms with Crippen molar-refractivity contribution in [2.24, 2.45) is 0 Å². The summed E-state index contributed by atoms with van der Waals surface area (Å²) >= 11 is 7.63. The molecule has 0 saturated carbocycles. The van der Waals surface area contributed by atoms with Gasteiger partial charge in [0, 0.05) is 21.0 Å². The van der Waals surface area contributed by atoms with Gasteiger partial charge in [0.1, 0.15) is 11.4 Å². The Bertz CT molecular complexity index is 833. The minimum absolute atomic E-state index is 0.154. The van der Waals surface area contributed by atoms with Crippen molar-refractivity contribution in [3.8, 4) is 0 Å². The van der Waals surface area contributed by atoms with Gasteiger partial charge in [0.2, 0.25) is 0 Å². The quantitative estimate of drug-likeness (QED) is 0.823. The van der Waals surface area contributed by atoms with Crippen LogP contribution in [0, 0.1) is 5.82 Å². The molecule has 0 bridgehead atoms. The van der Waals surface area contributed by atoms with Crippen molar-refractivity contribution in [1.29, 1.82) is 0 Å². The predicted molar refractivity (Wildman–Crippen MR) is 89.4 cm³/mol. The van der Waals surface area contributed by atoms with Gasteiger partial charge < -0.3 is 5.32 Å². The molecule has 124 valence electrons. The Morgan fingerprint density at radius 2 is 2.17 bits per heavy atom. The summed E-state index contributed by atoms with van der Waals surface area (Å²) in [6, 6.07) is 5.71. The van der Waals surface area contributed by atoms with E-state index in [0.717, 1.165) is 28.2 Å². The monoisotopic (exact) mass is 364 g/mol. The molecule has 2 aliphatic rings. The summed E-state index contributed by atoms with van der Waals surface area (Å²) in [6.45, 7) is -0.169. The first-order valence-electron chi connectivity index (χ1n) is 7.67. The van der Waals surface area contributed by atoms with E-state index in [9.17, 15) is 14.0 Å². The zero-order valence-corrected chi connectivity index (χ0v) is 14.2. The van der Waals surface area contributed by atoms with Gasteiger partial charge in [0.15, 0.2) is 0 Å². The minimum Gasteiger partial charge on any atom is -0.319 e. The molecule has 1 aliphatic heterocycles. The first-order chi connectivity index (χ1) is 11.5. The summed E-state index contributed by atoms with van der Waals surface area (Å²) in [6.07, 6.45) is 2.30. The first kappa shape index (κ1) is 15.6. The number of nitrogens with zero attached hydrogens (tertiary/aromatic N) is 1. The largest absolute Gasteiger partial charge is 0.325 e. The maximum atomic E-state index is 14.0. The number of urea groups is 1. The van der Waals surface area contributed by atoms with Crippen LogP contribution in [0.5, 0.6) is 0 Å². The number of imide groups is 1. The van der Waals surface area contributed by atoms with Crippen molar-refractivity contribution >= 4 is 34.9 Å². The lowest BCUT2D eigenvalue weighted by molar-refractivity contribution is -0.132. The molecule has 4 nitrogen and oxygen atoms in total. The SMILES string of the molecule is O=C1NC2(CCCc3sccc32)C(=O)N1Cc1c(F)cccc1Cl. The fourth-order valence-corrected chi connectivity index (χ4v) is 4.75. The second-order valence-corrected chi connectivity index (χ2v) is 7.45. The van der Waals surface area contributed by atoms with Crippen molar-refractivity contribution in [1.82, 2.24) is 10.2 Å². The highest BCUT2D eigenvalue weighted by Gasteiger charge is 2.54. The number of amides is 3. The van der Waals surface area contributed by atoms with Gasteiger partial charge in [0.05, 0.1) is 6.54 Å². The molecule has 3 amide bonds. The summed E-state index contributed by atoms with van der Waals surface area (Å²) in [4.78, 5) is 27.7. The van der Waals surface area contributed by atoms with Crippen molar-refractivity contribution in [3.63, 3.8) is 0 Å². The average molecular weight is 365 g/mol. The Morgan fingerprint density at radius 1 is 1.33 bits per heavy atom. The summed E-state index contributed by atoms with van der Waals surface area (Å²) in [5.74, 6) is -0.852. The third kappa shape index (κ3) is 2.17. The molecule has 0 radical (unpaired) electrons. The van der Waals surface area contributed by atoms with Crippen LogP contribution < -0.4 is 5.32 Å². The van der Waals surface area contributed by atoms with Crippen LogP contribution in [0.3, 0.4) is 0 Å². The molecule has 1 aliphatic carbocycles. The molecule has 1 aromatic carbocycles. The number of benzene rings is 1. The van der Waals surface area contributed by atoms with E-state index in [1.807, 2.05) is 11.4 Å². The van der Waals surface area contributed by atoms with E-state index >= 15 is 0 Å². The number of hydrogen-bond acceptors (Lipinski definition) is 3. The van der Waals surface area contributed by atoms with Gasteiger partial charge in [-0.3, -0.25) is 9.69 Å². The number of hydrogen-bond donors (Lipinski definition) is 1. The molecule has 24 heavy (non-hydrogen) atoms. The number of nitrogens with one attached hydrogen (secondary N) is 1. The van der Waals surface area contributed by atoms with Gasteiger partial charge in [-0.15, -0.1) is 11.3 Å². The van der Waals surface area contributed by atoms with E-state index in [4.69, 9.17) is 11.6 Å². The van der Waals surface area contributed by atoms with Crippen molar-refractivity contribution in [3.05, 3.63) is 56.5 Å². The fourth-order valence-electron chi connectivity index (χ4n) is 3.53. The molecule has 2 heterocycles. The highest BCUT2D eigenvalue weighted by atomic mass is 35.5. The van der Waals surface area contributed by atoms with Crippen molar-refractivity contribution < 1.29 is 14.0 Å². The van der Waals surface area contributed by atoms with E-state index in [1.54, 1.807) is 17.4 Å². The fraction of sp³-hybridized carbons (Fsp3) is 0.294. The standard InChI is InChI=1S/C17H14ClFN2O2S/c18-12-3-1-4-13(19)10(12)9-21-15(22)17(20-16(21)23)7-2-5-14-11(17)6-8-24-14/h1,3-4,6,8H,2,5,7,9H2,(H,20,23). The zero-order valence-electron chi connectivity index (χ0n) is 12.6. The van der Waals surface area contributed by atoms with Crippen LogP contribution in [0.25, 0.3) is 0 Å². The Labute approximate surface area is 147 Å². The lowest BCUT2D eigenvalue weighted by Gasteiger charge is -2.31. The number of fused-ring (bicyclic) bond motifs is 2. The molecule has 1 spiro atoms. The van der Waals surface area contributed by atoms with Crippen LogP contribution in [0.15, 0.2) is 29.6 Å². The molecule has 1 aromatic heterocycles. The maximum absolute atomic E-state index is 14.0. The second-order valence-electron chi connectivity index (χ2n) is 6.04. The van der Waals surface area contributed by atoms with Gasteiger partial charge in [-0.05, 0) is 42.8 Å². The molecule has 1 saturated heterocycles. The molecule has 1 N–H and O–H groups in total. The normalized spacial score (nSPS) is 22.8. The molecular weight excluding hydrogens is 351 g/mol. The lowest BCUT2D eigenvalue weighted by atomic mass is 9.80. The summed E-state index contributed by atoms with van der Waals surface area (Å²) < 4.78 is 14.0. The Hall–Kier alpha value is -1.92. The third-order valence-electron chi connectivity index (χ3n) is 4.71. The Balaban J connectivity index is 1.71. The van der Waals surface area contributed by atoms with Crippen LogP contribution >= 0.6 is 22.9 Å². The van der Waals surface area contributed by atoms with Gasteiger partial charge in [0.25, 0.3) is 5.91 Å². The van der Waals surface area contributed by atoms with Gasteiger partial charge in [-0.25, -0.2) is 9.18 Å². The third-order valence-corrected chi connectivity index (χ3v) is 6.05. The van der Waals surface area contributed by atoms with E-state index in [2.05, 4.69) is 5.32 Å². The lowest BCUT2D eigenvalue weighted by Crippen LogP contribution is -2.46. The van der Waals surface area contributed by atoms with Gasteiger partial charge in [-0.2, -0.15) is 0 Å². The van der Waals surface area contributed by atoms with E-state index in [1.165, 1.54) is 12.1 Å². The highest BCUT2D eigenvalue weighted by molar-refractivity contribution is 7.10. The van der Waals surface area contributed by atoms with Crippen molar-refractivity contribution in [2.45, 2.75) is 31.3 Å². The Kier molecular flexibility index (Phi) is 3.62. The summed E-state index contributed by atoms with van der Waals surface area (Å²) in [5, 5.41) is 4.99. The van der Waals surface area contributed by atoms with Crippen molar-refractivity contribution in [2.75, 3.05) is 0 Å². The number of carbonyl (C=O) groups is 2. The number of halogens is 2. The molecule has 7 heteroatoms. The highest BCUT2D eigenvalue weighted by Crippen LogP contribution is 2.42. The molecule has 4 rings (SSSR count). The van der Waals surface area contributed by atoms with Crippen LogP contribution in [0.1, 0.15) is 28.8 Å². The van der Waals surface area contributed by atoms with Gasteiger partial charge in [-0.1, -0.05) is 17.7 Å². The predicted octanol–water partition coefficient (Wildman–Crippen LogP) is 3.82. The molecule has 2 aromatic rings. The number of aryl methyl sites for hydroxylation is 1. The van der Waals surface area contributed by atoms with Crippen LogP contribution in [-0.4, -0.2) is 16.8 Å². The number of thiophene rings is 1. The summed E-state index contributed by atoms with van der Waals surface area (Å²) in [5.41, 5.74) is 0.0165. The maximum Gasteiger partial charge on any atom is 0.325 e. The molecule has 1 atom stereocenters.